The van der Waals surface area contributed by atoms with E-state index in [-0.39, 0.29) is 23.7 Å². The molecule has 6 heteroatoms. The Labute approximate surface area is 127 Å². The number of hydrogen-bond donors (Lipinski definition) is 2. The summed E-state index contributed by atoms with van der Waals surface area (Å²) in [6, 6.07) is 6.89. The normalized spacial score (nSPS) is 16.2. The van der Waals surface area contributed by atoms with Gasteiger partial charge in [0.05, 0.1) is 6.10 Å². The highest BCUT2D eigenvalue weighted by Crippen LogP contribution is 2.27. The number of benzene rings is 1. The molecule has 0 unspecified atom stereocenters. The van der Waals surface area contributed by atoms with E-state index in [2.05, 4.69) is 15.5 Å². The minimum absolute atomic E-state index is 0.0897. The second-order valence-electron chi connectivity index (χ2n) is 5.16. The van der Waals surface area contributed by atoms with Crippen LogP contribution in [0, 0.1) is 0 Å². The van der Waals surface area contributed by atoms with Crippen molar-refractivity contribution in [2.24, 2.45) is 5.10 Å². The molecule has 1 aliphatic heterocycles. The van der Waals surface area contributed by atoms with Gasteiger partial charge in [-0.15, -0.1) is 5.10 Å². The summed E-state index contributed by atoms with van der Waals surface area (Å²) in [6.07, 6.45) is 3.20. The van der Waals surface area contributed by atoms with Crippen molar-refractivity contribution >= 4 is 28.8 Å². The first-order valence-electron chi connectivity index (χ1n) is 6.89. The smallest absolute Gasteiger partial charge is 0.277 e. The monoisotopic (exact) mass is 297 g/mol. The van der Waals surface area contributed by atoms with Gasteiger partial charge in [-0.05, 0) is 37.6 Å². The molecule has 6 nitrogen and oxygen atoms in total. The number of nitrogens with zero attached hydrogens (tertiary/aromatic N) is 2. The summed E-state index contributed by atoms with van der Waals surface area (Å²) in [5.74, 6) is 0.0480. The van der Waals surface area contributed by atoms with Crippen LogP contribution in [-0.4, -0.2) is 28.0 Å². The van der Waals surface area contributed by atoms with Gasteiger partial charge < -0.3 is 9.84 Å². The van der Waals surface area contributed by atoms with Gasteiger partial charge >= 0.3 is 0 Å². The summed E-state index contributed by atoms with van der Waals surface area (Å²) in [6.45, 7) is 3.73. The van der Waals surface area contributed by atoms with Crippen molar-refractivity contribution in [3.8, 4) is 5.75 Å². The van der Waals surface area contributed by atoms with Crippen LogP contribution in [0.1, 0.15) is 19.4 Å². The topological polar surface area (TPSA) is 83.8 Å². The Balaban J connectivity index is 2.10. The van der Waals surface area contributed by atoms with E-state index in [1.54, 1.807) is 30.5 Å². The number of phenolic OH excluding ortho intramolecular Hbond substituents is 1. The molecular weight excluding hydrogens is 282 g/mol. The number of nitrogens with one attached hydrogen (secondary N) is 1. The van der Waals surface area contributed by atoms with Crippen LogP contribution in [0.3, 0.4) is 0 Å². The molecule has 2 aromatic rings. The number of pyridine rings is 1. The zero-order valence-corrected chi connectivity index (χ0v) is 12.2. The number of fused-ring (bicyclic) bond motifs is 1. The van der Waals surface area contributed by atoms with Gasteiger partial charge in [0, 0.05) is 11.6 Å². The molecule has 0 bridgehead atoms. The molecule has 0 fully saturated rings. The summed E-state index contributed by atoms with van der Waals surface area (Å²) < 4.78 is 5.54. The largest absolute Gasteiger partial charge is 0.506 e. The molecule has 0 atom stereocenters. The molecule has 0 saturated heterocycles. The fraction of sp³-hybridized carbons (Fsp3) is 0.188. The van der Waals surface area contributed by atoms with Crippen molar-refractivity contribution in [3.63, 3.8) is 0 Å². The molecule has 1 amide bonds. The Morgan fingerprint density at radius 2 is 2.14 bits per heavy atom. The fourth-order valence-electron chi connectivity index (χ4n) is 2.22. The number of ether oxygens (including phenoxy) is 1. The summed E-state index contributed by atoms with van der Waals surface area (Å²) in [7, 11) is 0. The third-order valence-electron chi connectivity index (χ3n) is 3.16. The zero-order valence-electron chi connectivity index (χ0n) is 12.2. The average Bonchev–Trinajstić information content (AvgIpc) is 2.82. The van der Waals surface area contributed by atoms with Gasteiger partial charge in [0.1, 0.15) is 16.8 Å². The number of carbonyl (C=O) groups is 1. The van der Waals surface area contributed by atoms with Crippen LogP contribution in [-0.2, 0) is 9.53 Å². The third kappa shape index (κ3) is 2.50. The Hall–Kier alpha value is -2.89. The van der Waals surface area contributed by atoms with Gasteiger partial charge in [-0.2, -0.15) is 0 Å². The van der Waals surface area contributed by atoms with Crippen molar-refractivity contribution in [1.29, 1.82) is 0 Å². The molecule has 2 heterocycles. The van der Waals surface area contributed by atoms with Gasteiger partial charge in [-0.1, -0.05) is 12.1 Å². The Morgan fingerprint density at radius 1 is 1.32 bits per heavy atom. The van der Waals surface area contributed by atoms with Crippen LogP contribution in [0.15, 0.2) is 41.1 Å². The van der Waals surface area contributed by atoms with E-state index in [1.165, 1.54) is 0 Å². The maximum absolute atomic E-state index is 11.9. The maximum Gasteiger partial charge on any atom is 0.277 e. The second kappa shape index (κ2) is 5.48. The number of hydrogen-bond acceptors (Lipinski definition) is 5. The predicted octanol–water partition coefficient (Wildman–Crippen LogP) is 2.19. The number of amides is 1. The van der Waals surface area contributed by atoms with Crippen LogP contribution in [0.25, 0.3) is 17.0 Å². The highest BCUT2D eigenvalue weighted by Gasteiger charge is 2.25. The first kappa shape index (κ1) is 14.1. The molecule has 1 aromatic heterocycles. The molecule has 0 aliphatic carbocycles. The minimum Gasteiger partial charge on any atom is -0.506 e. The van der Waals surface area contributed by atoms with Gasteiger partial charge in [-0.3, -0.25) is 9.78 Å². The number of hydrazone groups is 1. The number of phenols is 1. The van der Waals surface area contributed by atoms with Crippen molar-refractivity contribution in [2.45, 2.75) is 20.0 Å². The summed E-state index contributed by atoms with van der Waals surface area (Å²) in [4.78, 5) is 16.1. The Morgan fingerprint density at radius 3 is 2.91 bits per heavy atom. The molecule has 112 valence electrons. The molecule has 1 aromatic carbocycles. The van der Waals surface area contributed by atoms with Crippen molar-refractivity contribution < 1.29 is 14.6 Å². The highest BCUT2D eigenvalue weighted by atomic mass is 16.5. The summed E-state index contributed by atoms with van der Waals surface area (Å²) in [5, 5.41) is 14.5. The number of carbonyl (C=O) groups excluding carboxylic acids is 1. The molecule has 3 rings (SSSR count). The lowest BCUT2D eigenvalue weighted by Crippen LogP contribution is -2.16. The average molecular weight is 297 g/mol. The van der Waals surface area contributed by atoms with Crippen LogP contribution in [0.2, 0.25) is 0 Å². The number of aromatic nitrogens is 1. The van der Waals surface area contributed by atoms with Crippen molar-refractivity contribution in [2.75, 3.05) is 0 Å². The van der Waals surface area contributed by atoms with Gasteiger partial charge in [0.25, 0.3) is 5.91 Å². The zero-order chi connectivity index (χ0) is 15.7. The van der Waals surface area contributed by atoms with E-state index in [1.807, 2.05) is 19.9 Å². The first-order chi connectivity index (χ1) is 10.6. The standard InChI is InChI=1S/C16H15N3O3/c1-9(2)22-16-12(15(21)18-19-16)8-10-5-6-13(20)14-11(10)4-3-7-17-14/h3-9,20H,1-2H3,(H,18,21)/b12-8+. The highest BCUT2D eigenvalue weighted by molar-refractivity contribution is 6.25. The number of aromatic hydroxyl groups is 1. The van der Waals surface area contributed by atoms with Crippen LogP contribution in [0.5, 0.6) is 5.75 Å². The summed E-state index contributed by atoms with van der Waals surface area (Å²) >= 11 is 0. The quantitative estimate of drug-likeness (QED) is 0.832. The van der Waals surface area contributed by atoms with Crippen LogP contribution in [0.4, 0.5) is 0 Å². The van der Waals surface area contributed by atoms with Crippen LogP contribution >= 0.6 is 0 Å². The molecule has 0 radical (unpaired) electrons. The lowest BCUT2D eigenvalue weighted by molar-refractivity contribution is -0.116. The lowest BCUT2D eigenvalue weighted by Gasteiger charge is -2.09. The fourth-order valence-corrected chi connectivity index (χ4v) is 2.22. The summed E-state index contributed by atoms with van der Waals surface area (Å²) in [5.41, 5.74) is 3.99. The van der Waals surface area contributed by atoms with E-state index < -0.39 is 0 Å². The SMILES string of the molecule is CC(C)OC1=NNC(=O)/C1=C\c1ccc(O)c2ncccc12. The molecule has 1 aliphatic rings. The predicted molar refractivity (Wildman–Crippen MR) is 83.2 cm³/mol. The molecule has 22 heavy (non-hydrogen) atoms. The molecule has 2 N–H and O–H groups in total. The van der Waals surface area contributed by atoms with Gasteiger partial charge in [0.15, 0.2) is 0 Å². The minimum atomic E-state index is -0.319. The lowest BCUT2D eigenvalue weighted by atomic mass is 10.0. The van der Waals surface area contributed by atoms with Crippen molar-refractivity contribution in [3.05, 3.63) is 41.6 Å². The second-order valence-corrected chi connectivity index (χ2v) is 5.16. The number of rotatable bonds is 2. The maximum atomic E-state index is 11.9. The first-order valence-corrected chi connectivity index (χ1v) is 6.89. The Kier molecular flexibility index (Phi) is 3.50. The van der Waals surface area contributed by atoms with Gasteiger partial charge in [0.2, 0.25) is 5.90 Å². The van der Waals surface area contributed by atoms with E-state index in [9.17, 15) is 9.90 Å². The van der Waals surface area contributed by atoms with E-state index in [0.29, 0.717) is 11.1 Å². The van der Waals surface area contributed by atoms with Gasteiger partial charge in [-0.25, -0.2) is 5.43 Å². The van der Waals surface area contributed by atoms with E-state index >= 15 is 0 Å². The van der Waals surface area contributed by atoms with Crippen molar-refractivity contribution in [1.82, 2.24) is 10.4 Å². The Bertz CT molecular complexity index is 809. The van der Waals surface area contributed by atoms with E-state index in [0.717, 1.165) is 10.9 Å². The molecular formula is C16H15N3O3. The molecule has 0 saturated carbocycles. The molecule has 0 spiro atoms. The van der Waals surface area contributed by atoms with E-state index in [4.69, 9.17) is 4.74 Å². The third-order valence-corrected chi connectivity index (χ3v) is 3.16. The van der Waals surface area contributed by atoms with Crippen LogP contribution < -0.4 is 5.43 Å².